The van der Waals surface area contributed by atoms with Crippen LogP contribution in [-0.2, 0) is 9.53 Å². The lowest BCUT2D eigenvalue weighted by Gasteiger charge is -2.26. The Morgan fingerprint density at radius 2 is 2.50 bits per heavy atom. The van der Waals surface area contributed by atoms with Gasteiger partial charge in [0.15, 0.2) is 0 Å². The van der Waals surface area contributed by atoms with Crippen LogP contribution in [0.4, 0.5) is 0 Å². The van der Waals surface area contributed by atoms with Gasteiger partial charge in [-0.3, -0.25) is 4.79 Å². The van der Waals surface area contributed by atoms with E-state index < -0.39 is 0 Å². The van der Waals surface area contributed by atoms with Crippen LogP contribution in [0.2, 0.25) is 0 Å². The van der Waals surface area contributed by atoms with E-state index >= 15 is 0 Å². The van der Waals surface area contributed by atoms with Crippen molar-refractivity contribution < 1.29 is 9.53 Å². The van der Waals surface area contributed by atoms with Crippen LogP contribution in [0.5, 0.6) is 0 Å². The molecule has 1 saturated heterocycles. The molecule has 2 unspecified atom stereocenters. The second-order valence-electron chi connectivity index (χ2n) is 2.99. The summed E-state index contributed by atoms with van der Waals surface area (Å²) in [5.74, 6) is 0.907. The molecule has 1 fully saturated rings. The van der Waals surface area contributed by atoms with Gasteiger partial charge in [0.25, 0.3) is 0 Å². The second kappa shape index (κ2) is 4.72. The smallest absolute Gasteiger partial charge is 0.323 e. The summed E-state index contributed by atoms with van der Waals surface area (Å²) in [5, 5.41) is 3.17. The van der Waals surface area contributed by atoms with Crippen LogP contribution in [0, 0.1) is 0 Å². The standard InChI is InChI=1S/C8H15NO2S/c1-6-5-9-7(3-4-12-2)8(10)11-6/h6-7,9H,3-5H2,1-2H3. The van der Waals surface area contributed by atoms with Gasteiger partial charge in [-0.25, -0.2) is 0 Å². The van der Waals surface area contributed by atoms with E-state index in [0.29, 0.717) is 0 Å². The van der Waals surface area contributed by atoms with Gasteiger partial charge in [-0.1, -0.05) is 0 Å². The number of hydrogen-bond donors (Lipinski definition) is 1. The van der Waals surface area contributed by atoms with Crippen molar-refractivity contribution in [1.82, 2.24) is 5.32 Å². The molecule has 12 heavy (non-hydrogen) atoms. The van der Waals surface area contributed by atoms with Gasteiger partial charge in [-0.2, -0.15) is 11.8 Å². The molecular formula is C8H15NO2S. The molecular weight excluding hydrogens is 174 g/mol. The third kappa shape index (κ3) is 2.68. The Kier molecular flexibility index (Phi) is 3.88. The SMILES string of the molecule is CSCCC1NCC(C)OC1=O. The van der Waals surface area contributed by atoms with Crippen molar-refractivity contribution in [3.05, 3.63) is 0 Å². The van der Waals surface area contributed by atoms with Crippen LogP contribution in [0.15, 0.2) is 0 Å². The fourth-order valence-corrected chi connectivity index (χ4v) is 1.64. The zero-order valence-corrected chi connectivity index (χ0v) is 8.32. The van der Waals surface area contributed by atoms with Gasteiger partial charge >= 0.3 is 5.97 Å². The second-order valence-corrected chi connectivity index (χ2v) is 3.98. The molecule has 4 heteroatoms. The lowest BCUT2D eigenvalue weighted by molar-refractivity contribution is -0.155. The van der Waals surface area contributed by atoms with E-state index in [9.17, 15) is 4.79 Å². The summed E-state index contributed by atoms with van der Waals surface area (Å²) in [6.45, 7) is 2.68. The van der Waals surface area contributed by atoms with Crippen molar-refractivity contribution in [1.29, 1.82) is 0 Å². The summed E-state index contributed by atoms with van der Waals surface area (Å²) in [7, 11) is 0. The number of thioether (sulfide) groups is 1. The molecule has 1 heterocycles. The van der Waals surface area contributed by atoms with Crippen molar-refractivity contribution in [2.45, 2.75) is 25.5 Å². The Bertz CT molecular complexity index is 161. The largest absolute Gasteiger partial charge is 0.460 e. The van der Waals surface area contributed by atoms with Crippen LogP contribution in [0.1, 0.15) is 13.3 Å². The molecule has 0 bridgehead atoms. The Balaban J connectivity index is 2.30. The number of nitrogens with one attached hydrogen (secondary N) is 1. The van der Waals surface area contributed by atoms with Gasteiger partial charge in [-0.15, -0.1) is 0 Å². The fourth-order valence-electron chi connectivity index (χ4n) is 1.17. The van der Waals surface area contributed by atoms with E-state index in [0.717, 1.165) is 18.7 Å². The number of hydrogen-bond acceptors (Lipinski definition) is 4. The van der Waals surface area contributed by atoms with Gasteiger partial charge in [-0.05, 0) is 25.4 Å². The summed E-state index contributed by atoms with van der Waals surface area (Å²) in [5.41, 5.74) is 0. The summed E-state index contributed by atoms with van der Waals surface area (Å²) in [4.78, 5) is 11.2. The number of ether oxygens (including phenoxy) is 1. The minimum absolute atomic E-state index is 0.0306. The summed E-state index contributed by atoms with van der Waals surface area (Å²) in [6, 6.07) is -0.0753. The van der Waals surface area contributed by atoms with Gasteiger partial charge < -0.3 is 10.1 Å². The molecule has 3 nitrogen and oxygen atoms in total. The van der Waals surface area contributed by atoms with Crippen LogP contribution in [0.25, 0.3) is 0 Å². The first-order valence-corrected chi connectivity index (χ1v) is 5.56. The lowest BCUT2D eigenvalue weighted by Crippen LogP contribution is -2.49. The molecule has 0 aromatic heterocycles. The maximum absolute atomic E-state index is 11.2. The van der Waals surface area contributed by atoms with E-state index in [1.807, 2.05) is 13.2 Å². The highest BCUT2D eigenvalue weighted by Crippen LogP contribution is 2.08. The molecule has 2 atom stereocenters. The molecule has 0 spiro atoms. The fraction of sp³-hybridized carbons (Fsp3) is 0.875. The molecule has 0 aliphatic carbocycles. The lowest BCUT2D eigenvalue weighted by atomic mass is 10.2. The highest BCUT2D eigenvalue weighted by Gasteiger charge is 2.26. The number of carbonyl (C=O) groups is 1. The van der Waals surface area contributed by atoms with E-state index in [4.69, 9.17) is 4.74 Å². The van der Waals surface area contributed by atoms with Crippen molar-refractivity contribution in [3.8, 4) is 0 Å². The van der Waals surface area contributed by atoms with Crippen LogP contribution in [0.3, 0.4) is 0 Å². The van der Waals surface area contributed by atoms with E-state index in [1.165, 1.54) is 0 Å². The predicted octanol–water partition coefficient (Wildman–Crippen LogP) is 0.643. The molecule has 1 N–H and O–H groups in total. The third-order valence-electron chi connectivity index (χ3n) is 1.86. The minimum atomic E-state index is -0.0946. The minimum Gasteiger partial charge on any atom is -0.460 e. The molecule has 0 aromatic carbocycles. The van der Waals surface area contributed by atoms with Gasteiger partial charge in [0, 0.05) is 6.54 Å². The Hall–Kier alpha value is -0.220. The molecule has 1 aliphatic heterocycles. The Morgan fingerprint density at radius 3 is 3.08 bits per heavy atom. The quantitative estimate of drug-likeness (QED) is 0.661. The summed E-state index contributed by atoms with van der Waals surface area (Å²) < 4.78 is 5.09. The summed E-state index contributed by atoms with van der Waals surface area (Å²) >= 11 is 1.75. The van der Waals surface area contributed by atoms with Crippen LogP contribution in [-0.4, -0.2) is 36.7 Å². The molecule has 0 aromatic rings. The topological polar surface area (TPSA) is 38.3 Å². The first-order chi connectivity index (χ1) is 5.74. The number of cyclic esters (lactones) is 1. The maximum Gasteiger partial charge on any atom is 0.323 e. The van der Waals surface area contributed by atoms with E-state index in [-0.39, 0.29) is 18.1 Å². The normalized spacial score (nSPS) is 30.0. The average Bonchev–Trinajstić information content (AvgIpc) is 2.03. The van der Waals surface area contributed by atoms with Gasteiger partial charge in [0.1, 0.15) is 12.1 Å². The molecule has 70 valence electrons. The summed E-state index contributed by atoms with van der Waals surface area (Å²) in [6.07, 6.45) is 2.94. The van der Waals surface area contributed by atoms with Crippen molar-refractivity contribution in [2.75, 3.05) is 18.6 Å². The van der Waals surface area contributed by atoms with Gasteiger partial charge in [0.05, 0.1) is 0 Å². The highest BCUT2D eigenvalue weighted by atomic mass is 32.2. The average molecular weight is 189 g/mol. The first-order valence-electron chi connectivity index (χ1n) is 4.17. The first kappa shape index (κ1) is 9.86. The number of morpholine rings is 1. The molecule has 0 amide bonds. The molecule has 0 saturated carbocycles. The zero-order chi connectivity index (χ0) is 8.97. The zero-order valence-electron chi connectivity index (χ0n) is 7.50. The molecule has 0 radical (unpaired) electrons. The van der Waals surface area contributed by atoms with Crippen molar-refractivity contribution in [3.63, 3.8) is 0 Å². The van der Waals surface area contributed by atoms with Crippen LogP contribution >= 0.6 is 11.8 Å². The molecule has 1 rings (SSSR count). The monoisotopic (exact) mass is 189 g/mol. The Morgan fingerprint density at radius 1 is 1.75 bits per heavy atom. The van der Waals surface area contributed by atoms with Crippen molar-refractivity contribution >= 4 is 17.7 Å². The molecule has 1 aliphatic rings. The van der Waals surface area contributed by atoms with E-state index in [2.05, 4.69) is 5.32 Å². The number of carbonyl (C=O) groups excluding carboxylic acids is 1. The number of esters is 1. The maximum atomic E-state index is 11.2. The highest BCUT2D eigenvalue weighted by molar-refractivity contribution is 7.98. The Labute approximate surface area is 77.2 Å². The van der Waals surface area contributed by atoms with Gasteiger partial charge in [0.2, 0.25) is 0 Å². The predicted molar refractivity (Wildman–Crippen MR) is 50.3 cm³/mol. The number of rotatable bonds is 3. The third-order valence-corrected chi connectivity index (χ3v) is 2.51. The van der Waals surface area contributed by atoms with Crippen molar-refractivity contribution in [2.24, 2.45) is 0 Å². The van der Waals surface area contributed by atoms with E-state index in [1.54, 1.807) is 11.8 Å². The van der Waals surface area contributed by atoms with Crippen LogP contribution < -0.4 is 5.32 Å².